The summed E-state index contributed by atoms with van der Waals surface area (Å²) in [4.78, 5) is 22.1. The first-order chi connectivity index (χ1) is 8.33. The number of para-hydroxylation sites is 1. The first-order valence-corrected chi connectivity index (χ1v) is 5.60. The highest BCUT2D eigenvalue weighted by molar-refractivity contribution is 5.98. The van der Waals surface area contributed by atoms with Gasteiger partial charge >= 0.3 is 0 Å². The van der Waals surface area contributed by atoms with Gasteiger partial charge in [-0.2, -0.15) is 0 Å². The Morgan fingerprint density at radius 3 is 2.67 bits per heavy atom. The molecule has 1 unspecified atom stereocenters. The number of amides is 1. The number of nitrogens with zero attached hydrogens (tertiary/aromatic N) is 1. The van der Waals surface area contributed by atoms with Gasteiger partial charge in [-0.15, -0.1) is 0 Å². The molecule has 1 saturated carbocycles. The lowest BCUT2D eigenvalue weighted by molar-refractivity contribution is -0.384. The van der Waals surface area contributed by atoms with Crippen LogP contribution in [-0.4, -0.2) is 15.9 Å². The molecule has 18 heavy (non-hydrogen) atoms. The molecule has 1 aliphatic carbocycles. The number of hydrogen-bond acceptors (Lipinski definition) is 4. The predicted octanol–water partition coefficient (Wildman–Crippen LogP) is 2.29. The van der Waals surface area contributed by atoms with Crippen molar-refractivity contribution in [2.45, 2.75) is 20.3 Å². The Hall–Kier alpha value is -2.11. The molecule has 6 nitrogen and oxygen atoms in total. The summed E-state index contributed by atoms with van der Waals surface area (Å²) in [5.74, 6) is -0.739. The number of hydrogen-bond donors (Lipinski definition) is 2. The Labute approximate surface area is 104 Å². The molecule has 0 aliphatic heterocycles. The van der Waals surface area contributed by atoms with Gasteiger partial charge in [0.15, 0.2) is 5.69 Å². The van der Waals surface area contributed by atoms with Crippen molar-refractivity contribution in [2.24, 2.45) is 11.3 Å². The van der Waals surface area contributed by atoms with Crippen molar-refractivity contribution in [3.05, 3.63) is 28.3 Å². The molecule has 2 N–H and O–H groups in total. The molecule has 1 amide bonds. The molecule has 1 aromatic carbocycles. The van der Waals surface area contributed by atoms with Crippen molar-refractivity contribution in [1.82, 2.24) is 0 Å². The highest BCUT2D eigenvalue weighted by Gasteiger charge is 2.50. The minimum absolute atomic E-state index is 0.0662. The lowest BCUT2D eigenvalue weighted by Gasteiger charge is -2.08. The highest BCUT2D eigenvalue weighted by atomic mass is 16.6. The summed E-state index contributed by atoms with van der Waals surface area (Å²) in [5, 5.41) is 22.9. The maximum Gasteiger partial charge on any atom is 0.296 e. The van der Waals surface area contributed by atoms with Gasteiger partial charge in [0, 0.05) is 12.0 Å². The van der Waals surface area contributed by atoms with E-state index in [2.05, 4.69) is 5.32 Å². The minimum Gasteiger partial charge on any atom is -0.505 e. The number of nitrogens with one attached hydrogen (secondary N) is 1. The third kappa shape index (κ3) is 2.13. The van der Waals surface area contributed by atoms with Crippen molar-refractivity contribution in [2.75, 3.05) is 5.32 Å². The van der Waals surface area contributed by atoms with E-state index in [1.165, 1.54) is 18.2 Å². The zero-order chi connectivity index (χ0) is 13.5. The average molecular weight is 250 g/mol. The second-order valence-corrected chi connectivity index (χ2v) is 5.16. The zero-order valence-corrected chi connectivity index (χ0v) is 10.1. The number of benzene rings is 1. The van der Waals surface area contributed by atoms with Gasteiger partial charge in [-0.3, -0.25) is 14.9 Å². The van der Waals surface area contributed by atoms with Crippen LogP contribution in [0.25, 0.3) is 0 Å². The first-order valence-electron chi connectivity index (χ1n) is 5.60. The molecule has 0 saturated heterocycles. The number of phenolic OH excluding ortho intramolecular Hbond substituents is 1. The number of anilines is 1. The fraction of sp³-hybridized carbons (Fsp3) is 0.417. The molecule has 2 rings (SSSR count). The second kappa shape index (κ2) is 3.97. The van der Waals surface area contributed by atoms with E-state index in [0.717, 1.165) is 6.42 Å². The number of nitro groups is 1. The molecule has 0 bridgehead atoms. The molecule has 1 fully saturated rings. The van der Waals surface area contributed by atoms with E-state index in [0.29, 0.717) is 0 Å². The summed E-state index contributed by atoms with van der Waals surface area (Å²) in [5.41, 5.74) is -0.500. The van der Waals surface area contributed by atoms with Crippen LogP contribution in [0.2, 0.25) is 0 Å². The van der Waals surface area contributed by atoms with E-state index < -0.39 is 4.92 Å². The quantitative estimate of drug-likeness (QED) is 0.489. The minimum atomic E-state index is -0.632. The van der Waals surface area contributed by atoms with Gasteiger partial charge in [0.2, 0.25) is 5.91 Å². The molecule has 0 heterocycles. The van der Waals surface area contributed by atoms with Crippen LogP contribution < -0.4 is 5.32 Å². The fourth-order valence-corrected chi connectivity index (χ4v) is 1.93. The van der Waals surface area contributed by atoms with Gasteiger partial charge in [-0.1, -0.05) is 19.9 Å². The molecule has 0 spiro atoms. The smallest absolute Gasteiger partial charge is 0.296 e. The molecular weight excluding hydrogens is 236 g/mol. The van der Waals surface area contributed by atoms with Crippen LogP contribution in [0.5, 0.6) is 5.75 Å². The third-order valence-electron chi connectivity index (χ3n) is 3.30. The summed E-state index contributed by atoms with van der Waals surface area (Å²) >= 11 is 0. The summed E-state index contributed by atoms with van der Waals surface area (Å²) in [6.45, 7) is 3.91. The van der Waals surface area contributed by atoms with Gasteiger partial charge in [0.25, 0.3) is 5.69 Å². The van der Waals surface area contributed by atoms with Crippen molar-refractivity contribution in [1.29, 1.82) is 0 Å². The van der Waals surface area contributed by atoms with Crippen molar-refractivity contribution < 1.29 is 14.8 Å². The topological polar surface area (TPSA) is 92.5 Å². The van der Waals surface area contributed by atoms with E-state index >= 15 is 0 Å². The lowest BCUT2D eigenvalue weighted by Crippen LogP contribution is -2.17. The zero-order valence-electron chi connectivity index (χ0n) is 10.1. The Morgan fingerprint density at radius 2 is 2.17 bits per heavy atom. The largest absolute Gasteiger partial charge is 0.505 e. The van der Waals surface area contributed by atoms with Crippen LogP contribution in [0, 0.1) is 21.4 Å². The lowest BCUT2D eigenvalue weighted by atomic mass is 10.1. The van der Waals surface area contributed by atoms with Crippen LogP contribution in [-0.2, 0) is 4.79 Å². The molecule has 1 aromatic rings. The maximum atomic E-state index is 11.9. The number of carbonyl (C=O) groups excluding carboxylic acids is 1. The number of rotatable bonds is 3. The number of nitro benzene ring substituents is 1. The van der Waals surface area contributed by atoms with Gasteiger partial charge < -0.3 is 10.4 Å². The predicted molar refractivity (Wildman–Crippen MR) is 65.3 cm³/mol. The molecule has 6 heteroatoms. The Kier molecular flexibility index (Phi) is 2.73. The van der Waals surface area contributed by atoms with Crippen molar-refractivity contribution >= 4 is 17.3 Å². The fourth-order valence-electron chi connectivity index (χ4n) is 1.93. The monoisotopic (exact) mass is 250 g/mol. The molecule has 1 aliphatic rings. The summed E-state index contributed by atoms with van der Waals surface area (Å²) in [6, 6.07) is 3.91. The first kappa shape index (κ1) is 12.3. The van der Waals surface area contributed by atoms with Crippen LogP contribution in [0.1, 0.15) is 20.3 Å². The third-order valence-corrected chi connectivity index (χ3v) is 3.30. The van der Waals surface area contributed by atoms with Gasteiger partial charge in [-0.25, -0.2) is 0 Å². The Balaban J connectivity index is 2.24. The van der Waals surface area contributed by atoms with E-state index in [1.54, 1.807) is 0 Å². The van der Waals surface area contributed by atoms with Crippen LogP contribution in [0.3, 0.4) is 0 Å². The summed E-state index contributed by atoms with van der Waals surface area (Å²) in [6.07, 6.45) is 0.750. The van der Waals surface area contributed by atoms with Crippen LogP contribution in [0.4, 0.5) is 11.4 Å². The number of carbonyl (C=O) groups is 1. The van der Waals surface area contributed by atoms with Crippen molar-refractivity contribution in [3.63, 3.8) is 0 Å². The molecule has 0 radical (unpaired) electrons. The maximum absolute atomic E-state index is 11.9. The normalized spacial score (nSPS) is 20.2. The van der Waals surface area contributed by atoms with E-state index in [-0.39, 0.29) is 34.4 Å². The van der Waals surface area contributed by atoms with Crippen LogP contribution >= 0.6 is 0 Å². The van der Waals surface area contributed by atoms with Gasteiger partial charge in [-0.05, 0) is 17.9 Å². The van der Waals surface area contributed by atoms with Crippen LogP contribution in [0.15, 0.2) is 18.2 Å². The van der Waals surface area contributed by atoms with Gasteiger partial charge in [0.1, 0.15) is 5.75 Å². The van der Waals surface area contributed by atoms with E-state index in [1.807, 2.05) is 13.8 Å². The number of aromatic hydroxyl groups is 1. The van der Waals surface area contributed by atoms with E-state index in [9.17, 15) is 20.0 Å². The highest BCUT2D eigenvalue weighted by Crippen LogP contribution is 2.52. The van der Waals surface area contributed by atoms with E-state index in [4.69, 9.17) is 0 Å². The SMILES string of the molecule is CC1(C)CC1C(=O)Nc1c(O)cccc1[N+](=O)[O-]. The molecule has 96 valence electrons. The summed E-state index contributed by atoms with van der Waals surface area (Å²) < 4.78 is 0. The van der Waals surface area contributed by atoms with Crippen molar-refractivity contribution in [3.8, 4) is 5.75 Å². The average Bonchev–Trinajstić information content (AvgIpc) is 2.90. The second-order valence-electron chi connectivity index (χ2n) is 5.16. The Bertz CT molecular complexity index is 525. The Morgan fingerprint density at radius 1 is 1.56 bits per heavy atom. The molecule has 1 atom stereocenters. The molecular formula is C12H14N2O4. The van der Waals surface area contributed by atoms with Gasteiger partial charge in [0.05, 0.1) is 4.92 Å². The number of phenols is 1. The standard InChI is InChI=1S/C12H14N2O4/c1-12(2)6-7(12)11(16)13-10-8(14(17)18)4-3-5-9(10)15/h3-5,7,15H,6H2,1-2H3,(H,13,16). The molecule has 0 aromatic heterocycles. The summed E-state index contributed by atoms with van der Waals surface area (Å²) in [7, 11) is 0.